The second kappa shape index (κ2) is 5.29. The van der Waals surface area contributed by atoms with Crippen molar-refractivity contribution in [2.24, 2.45) is 0 Å². The van der Waals surface area contributed by atoms with E-state index in [2.05, 4.69) is 6.07 Å². The lowest BCUT2D eigenvalue weighted by Crippen LogP contribution is -2.43. The molecule has 3 rings (SSSR count). The van der Waals surface area contributed by atoms with Crippen molar-refractivity contribution in [3.05, 3.63) is 35.4 Å². The van der Waals surface area contributed by atoms with Gasteiger partial charge in [0.15, 0.2) is 8.32 Å². The lowest BCUT2D eigenvalue weighted by Gasteiger charge is -2.31. The van der Waals surface area contributed by atoms with Crippen LogP contribution >= 0.6 is 0 Å². The highest BCUT2D eigenvalue weighted by molar-refractivity contribution is 6.69. The van der Waals surface area contributed by atoms with Crippen molar-refractivity contribution >= 4 is 20.1 Å². The molecule has 2 unspecified atom stereocenters. The number of imide groups is 1. The van der Waals surface area contributed by atoms with E-state index in [0.717, 1.165) is 0 Å². The van der Waals surface area contributed by atoms with Gasteiger partial charge < -0.3 is 4.43 Å². The number of benzene rings is 1. The number of nitriles is 1. The molecule has 0 bridgehead atoms. The van der Waals surface area contributed by atoms with Crippen molar-refractivity contribution in [1.82, 2.24) is 4.90 Å². The molecule has 0 saturated heterocycles. The van der Waals surface area contributed by atoms with Gasteiger partial charge in [0.05, 0.1) is 17.2 Å². The Kier molecular flexibility index (Phi) is 3.66. The molecule has 23 heavy (non-hydrogen) atoms. The zero-order chi connectivity index (χ0) is 16.8. The molecule has 1 heterocycles. The Balaban J connectivity index is 1.85. The van der Waals surface area contributed by atoms with Crippen LogP contribution < -0.4 is 0 Å². The first kappa shape index (κ1) is 15.9. The molecule has 1 saturated carbocycles. The Morgan fingerprint density at radius 3 is 2.26 bits per heavy atom. The molecule has 0 radical (unpaired) electrons. The van der Waals surface area contributed by atoms with Gasteiger partial charge in [0.1, 0.15) is 5.60 Å². The topological polar surface area (TPSA) is 70.4 Å². The molecule has 0 aromatic heterocycles. The van der Waals surface area contributed by atoms with Gasteiger partial charge in [-0.25, -0.2) is 0 Å². The highest BCUT2D eigenvalue weighted by atomic mass is 28.4. The van der Waals surface area contributed by atoms with Gasteiger partial charge in [0.2, 0.25) is 0 Å². The average Bonchev–Trinajstić information content (AvgIpc) is 2.99. The minimum Gasteiger partial charge on any atom is -0.400 e. The first-order valence-electron chi connectivity index (χ1n) is 7.85. The van der Waals surface area contributed by atoms with Gasteiger partial charge in [-0.3, -0.25) is 14.5 Å². The number of carbonyl (C=O) groups excluding carboxylic acids is 2. The van der Waals surface area contributed by atoms with Gasteiger partial charge in [0, 0.05) is 12.5 Å². The summed E-state index contributed by atoms with van der Waals surface area (Å²) in [5.41, 5.74) is 0.0425. The number of fused-ring (bicyclic) bond motifs is 1. The molecule has 1 aliphatic heterocycles. The van der Waals surface area contributed by atoms with Crippen LogP contribution in [0.25, 0.3) is 0 Å². The highest BCUT2D eigenvalue weighted by Crippen LogP contribution is 2.40. The first-order valence-corrected chi connectivity index (χ1v) is 11.3. The number of nitrogens with zero attached hydrogens (tertiary/aromatic N) is 2. The van der Waals surface area contributed by atoms with Crippen LogP contribution in [-0.2, 0) is 4.43 Å². The molecule has 2 aliphatic rings. The van der Waals surface area contributed by atoms with E-state index in [0.29, 0.717) is 30.4 Å². The second-order valence-electron chi connectivity index (χ2n) is 7.24. The molecule has 0 N–H and O–H groups in total. The fourth-order valence-electron chi connectivity index (χ4n) is 3.55. The van der Waals surface area contributed by atoms with Crippen molar-refractivity contribution in [3.8, 4) is 6.07 Å². The predicted molar refractivity (Wildman–Crippen MR) is 87.4 cm³/mol. The number of hydrogen-bond donors (Lipinski definition) is 0. The summed E-state index contributed by atoms with van der Waals surface area (Å²) in [7, 11) is -1.89. The van der Waals surface area contributed by atoms with Crippen LogP contribution in [0.1, 0.15) is 40.0 Å². The van der Waals surface area contributed by atoms with E-state index in [9.17, 15) is 14.9 Å². The van der Waals surface area contributed by atoms with Gasteiger partial charge in [-0.05, 0) is 44.6 Å². The number of hydrogen-bond acceptors (Lipinski definition) is 4. The molecule has 5 nitrogen and oxygen atoms in total. The van der Waals surface area contributed by atoms with Crippen LogP contribution in [0.4, 0.5) is 0 Å². The molecule has 1 fully saturated rings. The third kappa shape index (κ3) is 2.71. The molecule has 1 aliphatic carbocycles. The first-order chi connectivity index (χ1) is 10.8. The van der Waals surface area contributed by atoms with Crippen molar-refractivity contribution < 1.29 is 14.0 Å². The van der Waals surface area contributed by atoms with Crippen LogP contribution in [0.5, 0.6) is 0 Å². The van der Waals surface area contributed by atoms with Crippen LogP contribution in [0.2, 0.25) is 19.6 Å². The van der Waals surface area contributed by atoms with E-state index < -0.39 is 13.9 Å². The average molecular weight is 328 g/mol. The summed E-state index contributed by atoms with van der Waals surface area (Å²) in [5.74, 6) is -0.505. The van der Waals surface area contributed by atoms with Crippen LogP contribution in [0, 0.1) is 11.3 Å². The fourth-order valence-corrected chi connectivity index (χ4v) is 4.95. The third-order valence-corrected chi connectivity index (χ3v) is 5.35. The summed E-state index contributed by atoms with van der Waals surface area (Å²) in [6.07, 6.45) is 1.58. The van der Waals surface area contributed by atoms with Gasteiger partial charge in [0.25, 0.3) is 11.8 Å². The zero-order valence-corrected chi connectivity index (χ0v) is 14.6. The van der Waals surface area contributed by atoms with Gasteiger partial charge >= 0.3 is 0 Å². The zero-order valence-electron chi connectivity index (χ0n) is 13.6. The minimum absolute atomic E-state index is 0.252. The molecule has 0 spiro atoms. The summed E-state index contributed by atoms with van der Waals surface area (Å²) in [4.78, 5) is 26.5. The smallest absolute Gasteiger partial charge is 0.261 e. The van der Waals surface area contributed by atoms with Crippen molar-refractivity contribution in [3.63, 3.8) is 0 Å². The summed E-state index contributed by atoms with van der Waals surface area (Å²) < 4.78 is 6.10. The molecule has 6 heteroatoms. The maximum atomic E-state index is 12.6. The van der Waals surface area contributed by atoms with Gasteiger partial charge in [-0.1, -0.05) is 12.1 Å². The van der Waals surface area contributed by atoms with Crippen LogP contribution in [-0.4, -0.2) is 36.7 Å². The maximum absolute atomic E-state index is 12.6. The lowest BCUT2D eigenvalue weighted by molar-refractivity contribution is 0.0560. The Hall–Kier alpha value is -1.97. The fraction of sp³-hybridized carbons (Fsp3) is 0.471. The second-order valence-corrected chi connectivity index (χ2v) is 11.7. The van der Waals surface area contributed by atoms with E-state index in [4.69, 9.17) is 4.43 Å². The van der Waals surface area contributed by atoms with E-state index in [1.165, 1.54) is 4.90 Å². The van der Waals surface area contributed by atoms with E-state index >= 15 is 0 Å². The third-order valence-electron chi connectivity index (χ3n) is 4.34. The van der Waals surface area contributed by atoms with E-state index in [1.807, 2.05) is 19.6 Å². The number of amides is 2. The van der Waals surface area contributed by atoms with Crippen molar-refractivity contribution in [2.45, 2.75) is 50.5 Å². The largest absolute Gasteiger partial charge is 0.400 e. The van der Waals surface area contributed by atoms with E-state index in [-0.39, 0.29) is 17.9 Å². The normalized spacial score (nSPS) is 27.2. The predicted octanol–water partition coefficient (Wildman–Crippen LogP) is 2.95. The van der Waals surface area contributed by atoms with Crippen LogP contribution in [0.3, 0.4) is 0 Å². The van der Waals surface area contributed by atoms with Gasteiger partial charge in [-0.2, -0.15) is 5.26 Å². The molecule has 2 atom stereocenters. The number of carbonyl (C=O) groups is 2. The van der Waals surface area contributed by atoms with Crippen molar-refractivity contribution in [2.75, 3.05) is 0 Å². The summed E-state index contributed by atoms with van der Waals surface area (Å²) >= 11 is 0. The maximum Gasteiger partial charge on any atom is 0.261 e. The summed E-state index contributed by atoms with van der Waals surface area (Å²) in [6.45, 7) is 6.13. The number of rotatable bonds is 3. The lowest BCUT2D eigenvalue weighted by atomic mass is 10.0. The molecule has 2 amide bonds. The molecule has 1 aromatic carbocycles. The Morgan fingerprint density at radius 2 is 1.78 bits per heavy atom. The Morgan fingerprint density at radius 1 is 1.22 bits per heavy atom. The molecular formula is C17H20N2O3Si. The van der Waals surface area contributed by atoms with Crippen molar-refractivity contribution in [1.29, 1.82) is 5.26 Å². The monoisotopic (exact) mass is 328 g/mol. The highest BCUT2D eigenvalue weighted by Gasteiger charge is 2.49. The molecule has 120 valence electrons. The quantitative estimate of drug-likeness (QED) is 0.632. The molecular weight excluding hydrogens is 308 g/mol. The minimum atomic E-state index is -1.89. The van der Waals surface area contributed by atoms with Crippen LogP contribution in [0.15, 0.2) is 24.3 Å². The Labute approximate surface area is 137 Å². The summed E-state index contributed by atoms with van der Waals surface area (Å²) in [6, 6.07) is 8.92. The SMILES string of the molecule is C[Si](C)(C)OC1(C#N)CCC(N2C(=O)c3ccccc3C2=O)C1. The van der Waals surface area contributed by atoms with E-state index in [1.54, 1.807) is 24.3 Å². The molecule has 1 aromatic rings. The summed E-state index contributed by atoms with van der Waals surface area (Å²) in [5, 5.41) is 9.60. The van der Waals surface area contributed by atoms with Gasteiger partial charge in [-0.15, -0.1) is 0 Å². The standard InChI is InChI=1S/C17H20N2O3Si/c1-23(2,3)22-17(11-18)9-8-12(10-17)19-15(20)13-6-4-5-7-14(13)16(19)21/h4-7,12H,8-10H2,1-3H3. The Bertz CT molecular complexity index is 684.